The number of carbonyl (C=O) groups excluding carboxylic acids is 2. The molecule has 270 valence electrons. The van der Waals surface area contributed by atoms with Crippen LogP contribution >= 0.6 is 11.8 Å². The van der Waals surface area contributed by atoms with Gasteiger partial charge < -0.3 is 34.7 Å². The zero-order valence-corrected chi connectivity index (χ0v) is 30.5. The third kappa shape index (κ3) is 7.39. The monoisotopic (exact) mass is 718 g/mol. The first-order valence-corrected chi connectivity index (χ1v) is 19.9. The van der Waals surface area contributed by atoms with E-state index in [2.05, 4.69) is 10.2 Å². The van der Waals surface area contributed by atoms with Crippen LogP contribution in [0.1, 0.15) is 55.0 Å². The number of benzene rings is 1. The zero-order valence-electron chi connectivity index (χ0n) is 28.9. The topological polar surface area (TPSA) is 149 Å². The second kappa shape index (κ2) is 15.3. The number of sulfonamides is 1. The standard InChI is InChI=1S/C34H50N6O7S2/c1-22-15-26(45-3)16-23(2)33(22)49(43,44)39-14-13-37-11-6-9-28(37)29(39)20-46-21-30(41)40-25-8-5-7-24(17-25)38-12-10-36-19-31(38)47-34(42)27(35)18-32(40)48-4/h6,9,11,15-16,24-25,27,29,31-32,36H,5,7-8,10,12-14,17-21,35H2,1-4H3. The molecule has 49 heavy (non-hydrogen) atoms. The molecule has 15 heteroatoms. The van der Waals surface area contributed by atoms with Crippen molar-refractivity contribution in [2.24, 2.45) is 5.73 Å². The summed E-state index contributed by atoms with van der Waals surface area (Å²) in [7, 11) is -2.37. The minimum Gasteiger partial charge on any atom is -0.497 e. The molecule has 1 amide bonds. The van der Waals surface area contributed by atoms with E-state index in [0.29, 0.717) is 30.0 Å². The van der Waals surface area contributed by atoms with Gasteiger partial charge >= 0.3 is 5.97 Å². The summed E-state index contributed by atoms with van der Waals surface area (Å²) >= 11 is 1.50. The molecule has 0 spiro atoms. The Morgan fingerprint density at radius 1 is 1.12 bits per heavy atom. The Bertz CT molecular complexity index is 1600. The fourth-order valence-corrected chi connectivity index (χ4v) is 11.1. The van der Waals surface area contributed by atoms with Crippen LogP contribution in [-0.2, 0) is 35.6 Å². The van der Waals surface area contributed by atoms with Crippen LogP contribution in [-0.4, -0.2) is 121 Å². The minimum absolute atomic E-state index is 0.00258. The molecule has 1 aromatic heterocycles. The van der Waals surface area contributed by atoms with Gasteiger partial charge in [0.1, 0.15) is 18.4 Å². The Morgan fingerprint density at radius 2 is 1.88 bits per heavy atom. The van der Waals surface area contributed by atoms with Gasteiger partial charge in [0.15, 0.2) is 6.23 Å². The van der Waals surface area contributed by atoms with Crippen molar-refractivity contribution in [3.8, 4) is 5.75 Å². The summed E-state index contributed by atoms with van der Waals surface area (Å²) in [4.78, 5) is 31.8. The summed E-state index contributed by atoms with van der Waals surface area (Å²) in [6.45, 7) is 6.22. The highest BCUT2D eigenvalue weighted by Crippen LogP contribution is 2.37. The number of nitrogens with zero attached hydrogens (tertiary/aromatic N) is 4. The fourth-order valence-electron chi connectivity index (χ4n) is 8.16. The molecular formula is C34H50N6O7S2. The van der Waals surface area contributed by atoms with Gasteiger partial charge in [0, 0.05) is 63.1 Å². The molecule has 0 radical (unpaired) electrons. The quantitative estimate of drug-likeness (QED) is 0.387. The maximum atomic E-state index is 14.3. The second-order valence-electron chi connectivity index (χ2n) is 13.5. The van der Waals surface area contributed by atoms with Crippen LogP contribution in [0.3, 0.4) is 0 Å². The zero-order chi connectivity index (χ0) is 34.9. The number of rotatable bonds is 8. The minimum atomic E-state index is -3.94. The number of aromatic nitrogens is 1. The molecule has 6 unspecified atom stereocenters. The smallest absolute Gasteiger partial charge is 0.324 e. The predicted molar refractivity (Wildman–Crippen MR) is 187 cm³/mol. The van der Waals surface area contributed by atoms with Crippen molar-refractivity contribution in [1.29, 1.82) is 0 Å². The third-order valence-corrected chi connectivity index (χ3v) is 13.6. The number of hydrogen-bond acceptors (Lipinski definition) is 11. The molecule has 6 atom stereocenters. The van der Waals surface area contributed by atoms with Crippen molar-refractivity contribution >= 4 is 33.7 Å². The van der Waals surface area contributed by atoms with Gasteiger partial charge in [-0.3, -0.25) is 14.5 Å². The van der Waals surface area contributed by atoms with Crippen molar-refractivity contribution < 1.29 is 32.2 Å². The van der Waals surface area contributed by atoms with E-state index in [4.69, 9.17) is 19.9 Å². The van der Waals surface area contributed by atoms with Crippen molar-refractivity contribution in [3.05, 3.63) is 47.3 Å². The number of amides is 1. The van der Waals surface area contributed by atoms with Gasteiger partial charge in [-0.05, 0) is 81.2 Å². The van der Waals surface area contributed by atoms with Crippen LogP contribution in [0.15, 0.2) is 35.4 Å². The molecule has 2 saturated heterocycles. The fraction of sp³-hybridized carbons (Fsp3) is 0.647. The summed E-state index contributed by atoms with van der Waals surface area (Å²) in [6.07, 6.45) is 7.29. The molecule has 6 rings (SSSR count). The SMILES string of the molecule is COc1cc(C)c(S(=O)(=O)N2CCn3cccc3C2COCC(=O)N2C3CCCC(C3)N3CCNCC3OC(=O)C(N)CC2SC)c(C)c1. The van der Waals surface area contributed by atoms with Crippen molar-refractivity contribution in [3.63, 3.8) is 0 Å². The molecule has 4 aliphatic rings. The lowest BCUT2D eigenvalue weighted by Gasteiger charge is -2.46. The number of methoxy groups -OCH3 is 1. The van der Waals surface area contributed by atoms with E-state index in [1.807, 2.05) is 34.1 Å². The largest absolute Gasteiger partial charge is 0.497 e. The molecule has 3 fully saturated rings. The molecule has 2 bridgehead atoms. The number of esters is 1. The van der Waals surface area contributed by atoms with E-state index in [9.17, 15) is 18.0 Å². The number of carbonyl (C=O) groups is 2. The molecule has 3 aliphatic heterocycles. The third-order valence-electron chi connectivity index (χ3n) is 10.5. The van der Waals surface area contributed by atoms with Crippen LogP contribution in [0.5, 0.6) is 5.75 Å². The Morgan fingerprint density at radius 3 is 2.61 bits per heavy atom. The van der Waals surface area contributed by atoms with Crippen LogP contribution in [0.2, 0.25) is 0 Å². The lowest BCUT2D eigenvalue weighted by atomic mass is 9.88. The van der Waals surface area contributed by atoms with Crippen LogP contribution in [0, 0.1) is 13.8 Å². The highest BCUT2D eigenvalue weighted by atomic mass is 32.2. The van der Waals surface area contributed by atoms with Gasteiger partial charge in [-0.2, -0.15) is 4.31 Å². The average Bonchev–Trinajstić information content (AvgIpc) is 3.57. The predicted octanol–water partition coefficient (Wildman–Crippen LogP) is 2.21. The van der Waals surface area contributed by atoms with Crippen molar-refractivity contribution in [2.75, 3.05) is 52.8 Å². The van der Waals surface area contributed by atoms with Crippen LogP contribution < -0.4 is 15.8 Å². The van der Waals surface area contributed by atoms with Gasteiger partial charge in [0.2, 0.25) is 15.9 Å². The summed E-state index contributed by atoms with van der Waals surface area (Å²) in [5, 5.41) is 2.99. The summed E-state index contributed by atoms with van der Waals surface area (Å²) in [5.74, 6) is -0.0460. The van der Waals surface area contributed by atoms with Gasteiger partial charge in [-0.15, -0.1) is 11.8 Å². The highest BCUT2D eigenvalue weighted by Gasteiger charge is 2.42. The second-order valence-corrected chi connectivity index (χ2v) is 16.3. The first-order valence-electron chi connectivity index (χ1n) is 17.2. The van der Waals surface area contributed by atoms with Crippen LogP contribution in [0.25, 0.3) is 0 Å². The number of thioether (sulfide) groups is 1. The number of nitrogens with one attached hydrogen (secondary N) is 1. The maximum absolute atomic E-state index is 14.3. The molecule has 4 heterocycles. The number of nitrogens with two attached hydrogens (primary N) is 1. The molecule has 2 aromatic rings. The van der Waals surface area contributed by atoms with Gasteiger partial charge in [-0.25, -0.2) is 8.42 Å². The Kier molecular flexibility index (Phi) is 11.3. The highest BCUT2D eigenvalue weighted by molar-refractivity contribution is 7.99. The van der Waals surface area contributed by atoms with Crippen molar-refractivity contribution in [1.82, 2.24) is 24.0 Å². The number of aryl methyl sites for hydroxylation is 2. The number of hydrogen-bond donors (Lipinski definition) is 2. The first kappa shape index (κ1) is 36.1. The lowest BCUT2D eigenvalue weighted by Crippen LogP contribution is -2.59. The number of piperazine rings is 1. The summed E-state index contributed by atoms with van der Waals surface area (Å²) in [6, 6.07) is 5.90. The van der Waals surface area contributed by atoms with E-state index in [1.54, 1.807) is 33.1 Å². The van der Waals surface area contributed by atoms with E-state index < -0.39 is 28.1 Å². The Balaban J connectivity index is 1.23. The van der Waals surface area contributed by atoms with Crippen LogP contribution in [0.4, 0.5) is 0 Å². The molecule has 1 saturated carbocycles. The van der Waals surface area contributed by atoms with Gasteiger partial charge in [0.25, 0.3) is 0 Å². The van der Waals surface area contributed by atoms with E-state index in [0.717, 1.165) is 44.5 Å². The van der Waals surface area contributed by atoms with Gasteiger partial charge in [-0.1, -0.05) is 0 Å². The average molecular weight is 719 g/mol. The van der Waals surface area contributed by atoms with E-state index in [1.165, 1.54) is 16.1 Å². The number of fused-ring (bicyclic) bond motifs is 5. The molecule has 1 aliphatic carbocycles. The normalized spacial score (nSPS) is 28.6. The molecule has 3 N–H and O–H groups in total. The molecule has 13 nitrogen and oxygen atoms in total. The Labute approximate surface area is 293 Å². The molecular weight excluding hydrogens is 669 g/mol. The summed E-state index contributed by atoms with van der Waals surface area (Å²) in [5.41, 5.74) is 8.44. The summed E-state index contributed by atoms with van der Waals surface area (Å²) < 4.78 is 49.7. The first-order chi connectivity index (χ1) is 23.5. The Hall–Kier alpha value is -2.66. The maximum Gasteiger partial charge on any atom is 0.324 e. The van der Waals surface area contributed by atoms with Gasteiger partial charge in [0.05, 0.1) is 30.0 Å². The van der Waals surface area contributed by atoms with E-state index >= 15 is 0 Å². The van der Waals surface area contributed by atoms with E-state index in [-0.39, 0.29) is 60.7 Å². The lowest BCUT2D eigenvalue weighted by molar-refractivity contribution is -0.166. The number of ether oxygens (including phenoxy) is 3. The van der Waals surface area contributed by atoms with Crippen molar-refractivity contribution in [2.45, 2.75) is 93.2 Å². The molecule has 1 aromatic carbocycles.